The van der Waals surface area contributed by atoms with E-state index in [1.54, 1.807) is 0 Å². The molecule has 0 amide bonds. The summed E-state index contributed by atoms with van der Waals surface area (Å²) in [5.41, 5.74) is 5.59. The van der Waals surface area contributed by atoms with Crippen molar-refractivity contribution in [3.63, 3.8) is 0 Å². The van der Waals surface area contributed by atoms with Crippen LogP contribution in [-0.4, -0.2) is 11.9 Å². The topological polar surface area (TPSA) is 38.4 Å². The Bertz CT molecular complexity index is 159. The lowest BCUT2D eigenvalue weighted by molar-refractivity contribution is 0.434. The third kappa shape index (κ3) is 2.84. The molecular weight excluding hydrogens is 148 g/mol. The standard InChI is InChI=1S/C10H20N2/c1-8-6-4-3-5-7-10(8)12-9(2)11/h8,10H,3-7H2,1-2H3,(H2,11,12). The molecule has 0 aromatic rings. The van der Waals surface area contributed by atoms with Crippen LogP contribution in [0.4, 0.5) is 0 Å². The zero-order valence-electron chi connectivity index (χ0n) is 8.21. The fourth-order valence-corrected chi connectivity index (χ4v) is 1.93. The van der Waals surface area contributed by atoms with Gasteiger partial charge in [-0.3, -0.25) is 4.99 Å². The van der Waals surface area contributed by atoms with Crippen LogP contribution in [0.3, 0.4) is 0 Å². The zero-order chi connectivity index (χ0) is 8.97. The minimum atomic E-state index is 0.498. The zero-order valence-corrected chi connectivity index (χ0v) is 8.21. The van der Waals surface area contributed by atoms with Gasteiger partial charge in [0.15, 0.2) is 0 Å². The third-order valence-corrected chi connectivity index (χ3v) is 2.69. The first kappa shape index (κ1) is 9.56. The van der Waals surface area contributed by atoms with Gasteiger partial charge >= 0.3 is 0 Å². The minimum absolute atomic E-state index is 0.498. The summed E-state index contributed by atoms with van der Waals surface area (Å²) in [5.74, 6) is 1.47. The molecule has 2 atom stereocenters. The molecule has 12 heavy (non-hydrogen) atoms. The highest BCUT2D eigenvalue weighted by molar-refractivity contribution is 5.77. The van der Waals surface area contributed by atoms with Gasteiger partial charge in [-0.25, -0.2) is 0 Å². The van der Waals surface area contributed by atoms with Crippen molar-refractivity contribution in [2.75, 3.05) is 0 Å². The highest BCUT2D eigenvalue weighted by Crippen LogP contribution is 2.25. The lowest BCUT2D eigenvalue weighted by atomic mass is 9.98. The number of nitrogens with zero attached hydrogens (tertiary/aromatic N) is 1. The number of hydrogen-bond donors (Lipinski definition) is 1. The van der Waals surface area contributed by atoms with Crippen molar-refractivity contribution >= 4 is 5.84 Å². The van der Waals surface area contributed by atoms with E-state index < -0.39 is 0 Å². The molecular formula is C10H20N2. The predicted octanol–water partition coefficient (Wildman–Crippen LogP) is 2.33. The summed E-state index contributed by atoms with van der Waals surface area (Å²) in [6.45, 7) is 4.18. The van der Waals surface area contributed by atoms with Crippen molar-refractivity contribution in [1.82, 2.24) is 0 Å². The van der Waals surface area contributed by atoms with Gasteiger partial charge < -0.3 is 5.73 Å². The normalized spacial score (nSPS) is 33.0. The fraction of sp³-hybridized carbons (Fsp3) is 0.900. The summed E-state index contributed by atoms with van der Waals surface area (Å²) in [4.78, 5) is 4.47. The van der Waals surface area contributed by atoms with Gasteiger partial charge in [0, 0.05) is 0 Å². The molecule has 2 unspecified atom stereocenters. The molecule has 1 rings (SSSR count). The average Bonchev–Trinajstić information content (AvgIpc) is 2.16. The van der Waals surface area contributed by atoms with Gasteiger partial charge in [0.05, 0.1) is 11.9 Å². The Kier molecular flexibility index (Phi) is 3.57. The molecule has 2 heteroatoms. The number of amidine groups is 1. The lowest BCUT2D eigenvalue weighted by Gasteiger charge is -2.16. The first-order chi connectivity index (χ1) is 5.70. The van der Waals surface area contributed by atoms with Crippen LogP contribution in [0.1, 0.15) is 46.0 Å². The number of hydrogen-bond acceptors (Lipinski definition) is 1. The first-order valence-electron chi connectivity index (χ1n) is 5.00. The molecule has 1 fully saturated rings. The SMILES string of the molecule is CC(N)=NC1CCCCCC1C. The summed E-state index contributed by atoms with van der Waals surface area (Å²) >= 11 is 0. The number of nitrogens with two attached hydrogens (primary N) is 1. The molecule has 70 valence electrons. The summed E-state index contributed by atoms with van der Waals surface area (Å²) in [7, 11) is 0. The largest absolute Gasteiger partial charge is 0.388 e. The Hall–Kier alpha value is -0.530. The van der Waals surface area contributed by atoms with Crippen molar-refractivity contribution in [2.24, 2.45) is 16.6 Å². The maximum atomic E-state index is 5.59. The first-order valence-corrected chi connectivity index (χ1v) is 5.00. The molecule has 2 nitrogen and oxygen atoms in total. The Labute approximate surface area is 75.3 Å². The van der Waals surface area contributed by atoms with Crippen LogP contribution in [0, 0.1) is 5.92 Å². The van der Waals surface area contributed by atoms with Crippen molar-refractivity contribution in [3.05, 3.63) is 0 Å². The second kappa shape index (κ2) is 4.48. The van der Waals surface area contributed by atoms with Crippen LogP contribution in [0.25, 0.3) is 0 Å². The van der Waals surface area contributed by atoms with E-state index in [1.807, 2.05) is 6.92 Å². The Morgan fingerprint density at radius 1 is 1.25 bits per heavy atom. The molecule has 2 N–H and O–H groups in total. The molecule has 0 heterocycles. The molecule has 0 saturated heterocycles. The molecule has 0 spiro atoms. The molecule has 0 aromatic heterocycles. The van der Waals surface area contributed by atoms with E-state index in [1.165, 1.54) is 32.1 Å². The summed E-state index contributed by atoms with van der Waals surface area (Å²) < 4.78 is 0. The van der Waals surface area contributed by atoms with Gasteiger partial charge in [-0.1, -0.05) is 26.2 Å². The van der Waals surface area contributed by atoms with E-state index >= 15 is 0 Å². The Morgan fingerprint density at radius 3 is 2.58 bits per heavy atom. The Balaban J connectivity index is 2.53. The quantitative estimate of drug-likeness (QED) is 0.364. The molecule has 1 saturated carbocycles. The monoisotopic (exact) mass is 168 g/mol. The van der Waals surface area contributed by atoms with Crippen LogP contribution in [0.5, 0.6) is 0 Å². The maximum Gasteiger partial charge on any atom is 0.0909 e. The van der Waals surface area contributed by atoms with Crippen molar-refractivity contribution in [1.29, 1.82) is 0 Å². The van der Waals surface area contributed by atoms with Crippen LogP contribution < -0.4 is 5.73 Å². The lowest BCUT2D eigenvalue weighted by Crippen LogP contribution is -2.18. The van der Waals surface area contributed by atoms with Crippen LogP contribution in [0.2, 0.25) is 0 Å². The third-order valence-electron chi connectivity index (χ3n) is 2.69. The van der Waals surface area contributed by atoms with Gasteiger partial charge in [-0.05, 0) is 25.7 Å². The van der Waals surface area contributed by atoms with Crippen LogP contribution >= 0.6 is 0 Å². The maximum absolute atomic E-state index is 5.59. The van der Waals surface area contributed by atoms with E-state index in [4.69, 9.17) is 5.73 Å². The second-order valence-corrected chi connectivity index (χ2v) is 3.95. The highest BCUT2D eigenvalue weighted by Gasteiger charge is 2.18. The highest BCUT2D eigenvalue weighted by atomic mass is 14.9. The van der Waals surface area contributed by atoms with E-state index in [-0.39, 0.29) is 0 Å². The smallest absolute Gasteiger partial charge is 0.0909 e. The fourth-order valence-electron chi connectivity index (χ4n) is 1.93. The average molecular weight is 168 g/mol. The van der Waals surface area contributed by atoms with E-state index in [2.05, 4.69) is 11.9 Å². The van der Waals surface area contributed by atoms with Gasteiger partial charge in [0.1, 0.15) is 0 Å². The van der Waals surface area contributed by atoms with Gasteiger partial charge in [-0.15, -0.1) is 0 Å². The molecule has 0 bridgehead atoms. The van der Waals surface area contributed by atoms with Gasteiger partial charge in [0.25, 0.3) is 0 Å². The molecule has 0 radical (unpaired) electrons. The Morgan fingerprint density at radius 2 is 1.92 bits per heavy atom. The van der Waals surface area contributed by atoms with E-state index in [9.17, 15) is 0 Å². The van der Waals surface area contributed by atoms with Gasteiger partial charge in [-0.2, -0.15) is 0 Å². The van der Waals surface area contributed by atoms with Crippen molar-refractivity contribution < 1.29 is 0 Å². The molecule has 0 aromatic carbocycles. The summed E-state index contributed by atoms with van der Waals surface area (Å²) in [5, 5.41) is 0. The summed E-state index contributed by atoms with van der Waals surface area (Å²) in [6.07, 6.45) is 6.62. The summed E-state index contributed by atoms with van der Waals surface area (Å²) in [6, 6.07) is 0.498. The molecule has 1 aliphatic carbocycles. The number of rotatable bonds is 1. The minimum Gasteiger partial charge on any atom is -0.388 e. The van der Waals surface area contributed by atoms with E-state index in [0.29, 0.717) is 6.04 Å². The number of aliphatic imine (C=N–C) groups is 1. The second-order valence-electron chi connectivity index (χ2n) is 3.95. The van der Waals surface area contributed by atoms with Crippen LogP contribution in [-0.2, 0) is 0 Å². The van der Waals surface area contributed by atoms with E-state index in [0.717, 1.165) is 11.8 Å². The van der Waals surface area contributed by atoms with Crippen molar-refractivity contribution in [2.45, 2.75) is 52.0 Å². The van der Waals surface area contributed by atoms with Gasteiger partial charge in [0.2, 0.25) is 0 Å². The molecule has 0 aliphatic heterocycles. The molecule has 1 aliphatic rings. The predicted molar refractivity (Wildman–Crippen MR) is 53.3 cm³/mol. The van der Waals surface area contributed by atoms with Crippen LogP contribution in [0.15, 0.2) is 4.99 Å². The van der Waals surface area contributed by atoms with Crippen molar-refractivity contribution in [3.8, 4) is 0 Å².